The van der Waals surface area contributed by atoms with Gasteiger partial charge in [0.05, 0.1) is 0 Å². The molecule has 32 heavy (non-hydrogen) atoms. The number of hydrogen-bond acceptors (Lipinski definition) is 3. The van der Waals surface area contributed by atoms with Crippen molar-refractivity contribution in [2.75, 3.05) is 13.7 Å². The van der Waals surface area contributed by atoms with E-state index in [0.717, 1.165) is 21.2 Å². The first kappa shape index (κ1) is 23.5. The van der Waals surface area contributed by atoms with Gasteiger partial charge in [-0.3, -0.25) is 9.59 Å². The Balaban J connectivity index is 1.84. The third kappa shape index (κ3) is 6.44. The maximum absolute atomic E-state index is 13.3. The average molecular weight is 495 g/mol. The van der Waals surface area contributed by atoms with E-state index in [9.17, 15) is 9.59 Å². The van der Waals surface area contributed by atoms with E-state index in [0.29, 0.717) is 18.7 Å². The summed E-state index contributed by atoms with van der Waals surface area (Å²) in [5.41, 5.74) is 2.95. The van der Waals surface area contributed by atoms with Gasteiger partial charge in [0.25, 0.3) is 5.91 Å². The smallest absolute Gasteiger partial charge is 0.261 e. The van der Waals surface area contributed by atoms with Gasteiger partial charge in [0.2, 0.25) is 5.91 Å². The highest BCUT2D eigenvalue weighted by Crippen LogP contribution is 2.22. The Bertz CT molecular complexity index is 1040. The molecule has 2 amide bonds. The fraction of sp³-hybridized carbons (Fsp3) is 0.231. The summed E-state index contributed by atoms with van der Waals surface area (Å²) >= 11 is 3.47. The van der Waals surface area contributed by atoms with E-state index in [1.165, 1.54) is 0 Å². The molecule has 166 valence electrons. The highest BCUT2D eigenvalue weighted by Gasteiger charge is 2.30. The summed E-state index contributed by atoms with van der Waals surface area (Å²) in [7, 11) is 1.59. The lowest BCUT2D eigenvalue weighted by atomic mass is 10.0. The van der Waals surface area contributed by atoms with Crippen LogP contribution < -0.4 is 10.1 Å². The number of benzene rings is 3. The number of amides is 2. The van der Waals surface area contributed by atoms with Crippen LogP contribution in [0.3, 0.4) is 0 Å². The molecule has 3 aromatic rings. The van der Waals surface area contributed by atoms with Crippen LogP contribution in [0, 0.1) is 6.92 Å². The Morgan fingerprint density at radius 2 is 1.59 bits per heavy atom. The van der Waals surface area contributed by atoms with Crippen LogP contribution in [0.5, 0.6) is 5.75 Å². The van der Waals surface area contributed by atoms with Crippen LogP contribution in [0.1, 0.15) is 16.7 Å². The summed E-state index contributed by atoms with van der Waals surface area (Å²) in [5, 5.41) is 2.72. The van der Waals surface area contributed by atoms with Crippen LogP contribution in [0.2, 0.25) is 0 Å². The molecule has 5 nitrogen and oxygen atoms in total. The molecule has 0 aromatic heterocycles. The van der Waals surface area contributed by atoms with Crippen molar-refractivity contribution < 1.29 is 14.3 Å². The number of likely N-dealkylation sites (N-methyl/N-ethyl adjacent to an activating group) is 1. The molecule has 0 unspecified atom stereocenters. The van der Waals surface area contributed by atoms with Crippen molar-refractivity contribution in [3.05, 3.63) is 100 Å². The number of hydrogen-bond donors (Lipinski definition) is 1. The molecule has 0 aliphatic heterocycles. The molecule has 3 aromatic carbocycles. The lowest BCUT2D eigenvalue weighted by Crippen LogP contribution is -2.51. The second-order valence-corrected chi connectivity index (χ2v) is 8.38. The minimum Gasteiger partial charge on any atom is -0.484 e. The van der Waals surface area contributed by atoms with Crippen LogP contribution in [0.25, 0.3) is 0 Å². The Morgan fingerprint density at radius 1 is 0.969 bits per heavy atom. The maximum atomic E-state index is 13.3. The van der Waals surface area contributed by atoms with Crippen molar-refractivity contribution in [1.29, 1.82) is 0 Å². The summed E-state index contributed by atoms with van der Waals surface area (Å²) in [6.07, 6.45) is 0.413. The first-order valence-electron chi connectivity index (χ1n) is 10.5. The second kappa shape index (κ2) is 11.5. The molecule has 0 saturated carbocycles. The number of aryl methyl sites for hydroxylation is 1. The van der Waals surface area contributed by atoms with E-state index in [-0.39, 0.29) is 18.4 Å². The normalized spacial score (nSPS) is 11.5. The number of nitrogens with one attached hydrogen (secondary N) is 1. The number of carbonyl (C=O) groups is 2. The van der Waals surface area contributed by atoms with Gasteiger partial charge in [-0.25, -0.2) is 0 Å². The van der Waals surface area contributed by atoms with Gasteiger partial charge >= 0.3 is 0 Å². The van der Waals surface area contributed by atoms with E-state index in [2.05, 4.69) is 21.2 Å². The monoisotopic (exact) mass is 494 g/mol. The number of rotatable bonds is 9. The minimum absolute atomic E-state index is 0.157. The summed E-state index contributed by atoms with van der Waals surface area (Å²) in [5.74, 6) is 0.148. The molecular formula is C26H27BrN2O3. The zero-order valence-electron chi connectivity index (χ0n) is 18.3. The number of nitrogens with zero attached hydrogens (tertiary/aromatic N) is 1. The van der Waals surface area contributed by atoms with Gasteiger partial charge in [0, 0.05) is 24.5 Å². The van der Waals surface area contributed by atoms with E-state index in [4.69, 9.17) is 4.74 Å². The molecule has 0 heterocycles. The summed E-state index contributed by atoms with van der Waals surface area (Å²) in [6.45, 7) is 2.12. The van der Waals surface area contributed by atoms with Crippen LogP contribution in [0.4, 0.5) is 0 Å². The lowest BCUT2D eigenvalue weighted by Gasteiger charge is -2.31. The van der Waals surface area contributed by atoms with Crippen LogP contribution >= 0.6 is 15.9 Å². The molecule has 0 aliphatic carbocycles. The molecule has 0 spiro atoms. The minimum atomic E-state index is -0.662. The summed E-state index contributed by atoms with van der Waals surface area (Å²) in [4.78, 5) is 27.8. The Kier molecular flexibility index (Phi) is 8.45. The van der Waals surface area contributed by atoms with Crippen LogP contribution in [-0.4, -0.2) is 36.4 Å². The first-order valence-corrected chi connectivity index (χ1v) is 11.2. The Hall–Kier alpha value is -3.12. The molecule has 1 atom stereocenters. The molecule has 0 saturated heterocycles. The van der Waals surface area contributed by atoms with Crippen molar-refractivity contribution >= 4 is 27.7 Å². The topological polar surface area (TPSA) is 58.6 Å². The average Bonchev–Trinajstić information content (AvgIpc) is 2.82. The van der Waals surface area contributed by atoms with E-state index < -0.39 is 6.04 Å². The molecule has 0 aliphatic rings. The van der Waals surface area contributed by atoms with Crippen molar-refractivity contribution in [2.45, 2.75) is 25.9 Å². The van der Waals surface area contributed by atoms with Gasteiger partial charge in [0.15, 0.2) is 6.61 Å². The van der Waals surface area contributed by atoms with Crippen molar-refractivity contribution in [3.8, 4) is 5.75 Å². The number of carbonyl (C=O) groups excluding carboxylic acids is 2. The molecule has 3 rings (SSSR count). The van der Waals surface area contributed by atoms with E-state index >= 15 is 0 Å². The highest BCUT2D eigenvalue weighted by atomic mass is 79.9. The fourth-order valence-electron chi connectivity index (χ4n) is 3.44. The number of ether oxygens (including phenoxy) is 1. The SMILES string of the molecule is CNC(=O)[C@@H](Cc1ccccc1)N(Cc1ccccc1)C(=O)COc1ccc(Br)c(C)c1. The molecule has 1 N–H and O–H groups in total. The zero-order valence-corrected chi connectivity index (χ0v) is 19.8. The molecule has 0 fully saturated rings. The second-order valence-electron chi connectivity index (χ2n) is 7.53. The van der Waals surface area contributed by atoms with Gasteiger partial charge in [-0.1, -0.05) is 76.6 Å². The predicted octanol–water partition coefficient (Wildman–Crippen LogP) is 4.52. The van der Waals surface area contributed by atoms with Crippen LogP contribution in [-0.2, 0) is 22.6 Å². The fourth-order valence-corrected chi connectivity index (χ4v) is 3.68. The van der Waals surface area contributed by atoms with Gasteiger partial charge in [-0.05, 0) is 41.8 Å². The Labute approximate surface area is 197 Å². The Morgan fingerprint density at radius 3 is 2.19 bits per heavy atom. The largest absolute Gasteiger partial charge is 0.484 e. The zero-order chi connectivity index (χ0) is 22.9. The predicted molar refractivity (Wildman–Crippen MR) is 129 cm³/mol. The third-order valence-corrected chi connectivity index (χ3v) is 6.09. The van der Waals surface area contributed by atoms with Gasteiger partial charge < -0.3 is 15.0 Å². The quantitative estimate of drug-likeness (QED) is 0.475. The maximum Gasteiger partial charge on any atom is 0.261 e. The first-order chi connectivity index (χ1) is 15.5. The molecular weight excluding hydrogens is 468 g/mol. The summed E-state index contributed by atoms with van der Waals surface area (Å²) < 4.78 is 6.77. The van der Waals surface area contributed by atoms with Gasteiger partial charge in [-0.15, -0.1) is 0 Å². The molecule has 6 heteroatoms. The summed E-state index contributed by atoms with van der Waals surface area (Å²) in [6, 6.07) is 24.3. The van der Waals surface area contributed by atoms with Gasteiger partial charge in [0.1, 0.15) is 11.8 Å². The molecule has 0 radical (unpaired) electrons. The number of halogens is 1. The molecule has 0 bridgehead atoms. The van der Waals surface area contributed by atoms with E-state index in [1.807, 2.05) is 85.8 Å². The standard InChI is InChI=1S/C26H27BrN2O3/c1-19-15-22(13-14-23(19)27)32-18-25(30)29(17-21-11-7-4-8-12-21)24(26(31)28-2)16-20-9-5-3-6-10-20/h3-15,24H,16-18H2,1-2H3,(H,28,31)/t24-/m1/s1. The highest BCUT2D eigenvalue weighted by molar-refractivity contribution is 9.10. The van der Waals surface area contributed by atoms with Crippen molar-refractivity contribution in [3.63, 3.8) is 0 Å². The van der Waals surface area contributed by atoms with E-state index in [1.54, 1.807) is 11.9 Å². The van der Waals surface area contributed by atoms with Crippen molar-refractivity contribution in [2.24, 2.45) is 0 Å². The lowest BCUT2D eigenvalue weighted by molar-refractivity contribution is -0.142. The van der Waals surface area contributed by atoms with Crippen molar-refractivity contribution in [1.82, 2.24) is 10.2 Å². The van der Waals surface area contributed by atoms with Crippen LogP contribution in [0.15, 0.2) is 83.3 Å². The van der Waals surface area contributed by atoms with Gasteiger partial charge in [-0.2, -0.15) is 0 Å². The third-order valence-electron chi connectivity index (χ3n) is 5.20.